The summed E-state index contributed by atoms with van der Waals surface area (Å²) in [5.41, 5.74) is 4.95. The van der Waals surface area contributed by atoms with Crippen molar-refractivity contribution in [2.24, 2.45) is 0 Å². The number of aromatic nitrogens is 2. The fourth-order valence-electron chi connectivity index (χ4n) is 3.46. The largest absolute Gasteiger partial charge is 0.352 e. The van der Waals surface area contributed by atoms with Crippen molar-refractivity contribution in [2.45, 2.75) is 39.4 Å². The molecule has 0 saturated carbocycles. The van der Waals surface area contributed by atoms with Gasteiger partial charge in [0.1, 0.15) is 0 Å². The fraction of sp³-hybridized carbons (Fsp3) is 0.412. The van der Waals surface area contributed by atoms with E-state index in [0.29, 0.717) is 0 Å². The van der Waals surface area contributed by atoms with Gasteiger partial charge in [-0.15, -0.1) is 0 Å². The highest BCUT2D eigenvalue weighted by Crippen LogP contribution is 2.39. The van der Waals surface area contributed by atoms with E-state index in [2.05, 4.69) is 59.7 Å². The van der Waals surface area contributed by atoms with Gasteiger partial charge in [0.25, 0.3) is 0 Å². The van der Waals surface area contributed by atoms with Crippen molar-refractivity contribution < 1.29 is 0 Å². The first-order chi connectivity index (χ1) is 10.5. The number of likely N-dealkylation sites (N-methyl/N-ethyl adjacent to an activating group) is 1. The van der Waals surface area contributed by atoms with Crippen LogP contribution in [0.25, 0.3) is 0 Å². The standard InChI is InChI=1S/C17H22N4S/c1-5-21-11(2)10-13(12(21)3)16-15(19-17(22)20(16)4)14-8-6-7-9-18-14/h6-10,15-16H,5H2,1-4H3,(H,19,22)/t15-,16+/m0/s1. The SMILES string of the molecule is CCn1c(C)cc([C@@H]2[C@H](c3ccccn3)NC(=S)N2C)c1C. The third-order valence-electron chi connectivity index (χ3n) is 4.59. The van der Waals surface area contributed by atoms with E-state index in [4.69, 9.17) is 12.2 Å². The van der Waals surface area contributed by atoms with Crippen LogP contribution in [0.1, 0.15) is 41.7 Å². The van der Waals surface area contributed by atoms with E-state index in [1.807, 2.05) is 18.3 Å². The molecule has 2 aromatic rings. The molecule has 1 N–H and O–H groups in total. The van der Waals surface area contributed by atoms with Gasteiger partial charge in [-0.05, 0) is 56.8 Å². The van der Waals surface area contributed by atoms with E-state index < -0.39 is 0 Å². The summed E-state index contributed by atoms with van der Waals surface area (Å²) in [6.45, 7) is 7.52. The number of hydrogen-bond acceptors (Lipinski definition) is 2. The molecule has 3 rings (SSSR count). The number of nitrogens with zero attached hydrogens (tertiary/aromatic N) is 3. The molecular weight excluding hydrogens is 292 g/mol. The summed E-state index contributed by atoms with van der Waals surface area (Å²) in [5, 5.41) is 4.21. The van der Waals surface area contributed by atoms with Crippen LogP contribution in [0.4, 0.5) is 0 Å². The first-order valence-corrected chi connectivity index (χ1v) is 8.06. The highest BCUT2D eigenvalue weighted by molar-refractivity contribution is 7.80. The smallest absolute Gasteiger partial charge is 0.169 e. The summed E-state index contributed by atoms with van der Waals surface area (Å²) in [5.74, 6) is 0. The molecule has 22 heavy (non-hydrogen) atoms. The quantitative estimate of drug-likeness (QED) is 0.883. The molecule has 0 aliphatic carbocycles. The van der Waals surface area contributed by atoms with E-state index in [9.17, 15) is 0 Å². The molecule has 0 amide bonds. The van der Waals surface area contributed by atoms with Gasteiger partial charge in [0, 0.05) is 31.2 Å². The number of rotatable bonds is 3. The first kappa shape index (κ1) is 15.0. The minimum atomic E-state index is 0.0875. The Labute approximate surface area is 137 Å². The lowest BCUT2D eigenvalue weighted by Gasteiger charge is -2.24. The summed E-state index contributed by atoms with van der Waals surface area (Å²) in [7, 11) is 2.06. The maximum atomic E-state index is 5.49. The molecule has 116 valence electrons. The molecule has 0 unspecified atom stereocenters. The average molecular weight is 314 g/mol. The Morgan fingerprint density at radius 3 is 2.68 bits per heavy atom. The molecular formula is C17H22N4S. The Bertz CT molecular complexity index is 692. The molecule has 4 nitrogen and oxygen atoms in total. The monoisotopic (exact) mass is 314 g/mol. The van der Waals surface area contributed by atoms with Crippen molar-refractivity contribution in [3.05, 3.63) is 53.1 Å². The number of hydrogen-bond donors (Lipinski definition) is 1. The molecule has 3 heterocycles. The maximum Gasteiger partial charge on any atom is 0.169 e. The van der Waals surface area contributed by atoms with Crippen LogP contribution < -0.4 is 5.32 Å². The van der Waals surface area contributed by atoms with Gasteiger partial charge in [-0.3, -0.25) is 4.98 Å². The molecule has 2 atom stereocenters. The predicted molar refractivity (Wildman–Crippen MR) is 92.8 cm³/mol. The third kappa shape index (κ3) is 2.29. The van der Waals surface area contributed by atoms with Gasteiger partial charge in [-0.25, -0.2) is 0 Å². The number of nitrogens with one attached hydrogen (secondary N) is 1. The number of aryl methyl sites for hydroxylation is 1. The Kier molecular flexibility index (Phi) is 3.91. The molecule has 0 radical (unpaired) electrons. The van der Waals surface area contributed by atoms with E-state index in [1.54, 1.807) is 0 Å². The average Bonchev–Trinajstić information content (AvgIpc) is 2.97. The van der Waals surface area contributed by atoms with Gasteiger partial charge in [0.2, 0.25) is 0 Å². The van der Waals surface area contributed by atoms with Crippen LogP contribution in [-0.2, 0) is 6.54 Å². The van der Waals surface area contributed by atoms with Gasteiger partial charge in [0.05, 0.1) is 17.8 Å². The van der Waals surface area contributed by atoms with Crippen molar-refractivity contribution in [1.29, 1.82) is 0 Å². The van der Waals surface area contributed by atoms with Crippen LogP contribution in [0.5, 0.6) is 0 Å². The molecule has 1 fully saturated rings. The summed E-state index contributed by atoms with van der Waals surface area (Å²) in [6.07, 6.45) is 1.84. The van der Waals surface area contributed by atoms with Gasteiger partial charge < -0.3 is 14.8 Å². The van der Waals surface area contributed by atoms with Gasteiger partial charge in [-0.2, -0.15) is 0 Å². The summed E-state index contributed by atoms with van der Waals surface area (Å²) >= 11 is 5.49. The molecule has 0 spiro atoms. The third-order valence-corrected chi connectivity index (χ3v) is 4.99. The van der Waals surface area contributed by atoms with Crippen molar-refractivity contribution >= 4 is 17.3 Å². The highest BCUT2D eigenvalue weighted by Gasteiger charge is 2.39. The van der Waals surface area contributed by atoms with Gasteiger partial charge in [-0.1, -0.05) is 6.07 Å². The van der Waals surface area contributed by atoms with E-state index in [1.165, 1.54) is 17.0 Å². The first-order valence-electron chi connectivity index (χ1n) is 7.65. The van der Waals surface area contributed by atoms with Crippen LogP contribution in [0.2, 0.25) is 0 Å². The van der Waals surface area contributed by atoms with E-state index in [0.717, 1.165) is 17.4 Å². The van der Waals surface area contributed by atoms with Crippen molar-refractivity contribution in [1.82, 2.24) is 19.8 Å². The number of pyridine rings is 1. The Morgan fingerprint density at radius 1 is 1.32 bits per heavy atom. The van der Waals surface area contributed by atoms with Crippen LogP contribution in [0, 0.1) is 13.8 Å². The summed E-state index contributed by atoms with van der Waals surface area (Å²) in [6, 6.07) is 8.58. The summed E-state index contributed by atoms with van der Waals surface area (Å²) in [4.78, 5) is 6.68. The van der Waals surface area contributed by atoms with Crippen LogP contribution in [0.3, 0.4) is 0 Å². The Morgan fingerprint density at radius 2 is 2.09 bits per heavy atom. The second-order valence-electron chi connectivity index (χ2n) is 5.81. The molecule has 5 heteroatoms. The fourth-order valence-corrected chi connectivity index (χ4v) is 3.70. The van der Waals surface area contributed by atoms with Crippen LogP contribution in [-0.4, -0.2) is 26.6 Å². The predicted octanol–water partition coefficient (Wildman–Crippen LogP) is 3.12. The molecule has 0 aromatic carbocycles. The number of thiocarbonyl (C=S) groups is 1. The molecule has 1 aliphatic heterocycles. The zero-order valence-corrected chi connectivity index (χ0v) is 14.3. The lowest BCUT2D eigenvalue weighted by Crippen LogP contribution is -2.25. The minimum absolute atomic E-state index is 0.0875. The van der Waals surface area contributed by atoms with E-state index in [-0.39, 0.29) is 12.1 Å². The lowest BCUT2D eigenvalue weighted by molar-refractivity contribution is 0.366. The van der Waals surface area contributed by atoms with Crippen LogP contribution >= 0.6 is 12.2 Å². The minimum Gasteiger partial charge on any atom is -0.352 e. The van der Waals surface area contributed by atoms with Gasteiger partial charge >= 0.3 is 0 Å². The second-order valence-corrected chi connectivity index (χ2v) is 6.19. The maximum absolute atomic E-state index is 5.49. The Hall–Kier alpha value is -1.88. The van der Waals surface area contributed by atoms with Crippen molar-refractivity contribution in [2.75, 3.05) is 7.05 Å². The zero-order chi connectivity index (χ0) is 15.9. The molecule has 1 aliphatic rings. The van der Waals surface area contributed by atoms with Gasteiger partial charge in [0.15, 0.2) is 5.11 Å². The molecule has 2 aromatic heterocycles. The lowest BCUT2D eigenvalue weighted by atomic mass is 9.97. The zero-order valence-electron chi connectivity index (χ0n) is 13.5. The highest BCUT2D eigenvalue weighted by atomic mass is 32.1. The van der Waals surface area contributed by atoms with Crippen molar-refractivity contribution in [3.63, 3.8) is 0 Å². The topological polar surface area (TPSA) is 33.1 Å². The summed E-state index contributed by atoms with van der Waals surface area (Å²) < 4.78 is 2.35. The van der Waals surface area contributed by atoms with E-state index >= 15 is 0 Å². The van der Waals surface area contributed by atoms with Crippen LogP contribution in [0.15, 0.2) is 30.5 Å². The normalized spacial score (nSPS) is 21.3. The molecule has 1 saturated heterocycles. The second kappa shape index (κ2) is 5.72. The Balaban J connectivity index is 2.08. The van der Waals surface area contributed by atoms with Crippen molar-refractivity contribution in [3.8, 4) is 0 Å². The molecule has 0 bridgehead atoms.